The van der Waals surface area contributed by atoms with Crippen LogP contribution in [0.15, 0.2) is 6.20 Å². The predicted molar refractivity (Wildman–Crippen MR) is 53.2 cm³/mol. The van der Waals surface area contributed by atoms with Gasteiger partial charge in [0.1, 0.15) is 14.7 Å². The largest absolute Gasteiger partial charge is 0.293 e. The van der Waals surface area contributed by atoms with Gasteiger partial charge in [-0.2, -0.15) is 0 Å². The Labute approximate surface area is 86.2 Å². The molecule has 1 rings (SSSR count). The monoisotopic (exact) mass is 234 g/mol. The van der Waals surface area contributed by atoms with E-state index in [2.05, 4.69) is 9.59 Å². The van der Waals surface area contributed by atoms with Gasteiger partial charge in [0.2, 0.25) is 0 Å². The number of ketones is 1. The van der Waals surface area contributed by atoms with Gasteiger partial charge in [-0.25, -0.2) is 8.42 Å². The highest BCUT2D eigenvalue weighted by molar-refractivity contribution is 7.90. The molecule has 0 saturated carbocycles. The average Bonchev–Trinajstić information content (AvgIpc) is 2.53. The molecule has 0 bridgehead atoms. The molecule has 0 aromatic carbocycles. The number of hydrogen-bond acceptors (Lipinski definition) is 6. The summed E-state index contributed by atoms with van der Waals surface area (Å²) in [5.41, 5.74) is 0. The maximum atomic E-state index is 11.3. The SMILES string of the molecule is CS(=O)(=O)CCCC(=O)c1cnns1. The van der Waals surface area contributed by atoms with Gasteiger partial charge in [0.15, 0.2) is 5.78 Å². The van der Waals surface area contributed by atoms with Gasteiger partial charge in [0.05, 0.1) is 11.9 Å². The minimum atomic E-state index is -2.97. The van der Waals surface area contributed by atoms with E-state index in [1.165, 1.54) is 6.20 Å². The normalized spacial score (nSPS) is 11.5. The molecular formula is C7H10N2O3S2. The van der Waals surface area contributed by atoms with Gasteiger partial charge >= 0.3 is 0 Å². The van der Waals surface area contributed by atoms with Gasteiger partial charge in [0.25, 0.3) is 0 Å². The van der Waals surface area contributed by atoms with Crippen LogP contribution in [0.25, 0.3) is 0 Å². The fourth-order valence-electron chi connectivity index (χ4n) is 0.908. The van der Waals surface area contributed by atoms with Crippen LogP contribution < -0.4 is 0 Å². The molecule has 0 fully saturated rings. The third-order valence-electron chi connectivity index (χ3n) is 1.56. The fourth-order valence-corrected chi connectivity index (χ4v) is 2.06. The van der Waals surface area contributed by atoms with E-state index >= 15 is 0 Å². The minimum Gasteiger partial charge on any atom is -0.293 e. The molecule has 78 valence electrons. The Bertz CT molecular complexity index is 397. The van der Waals surface area contributed by atoms with Gasteiger partial charge in [0, 0.05) is 12.7 Å². The highest BCUT2D eigenvalue weighted by Crippen LogP contribution is 2.08. The summed E-state index contributed by atoms with van der Waals surface area (Å²) >= 11 is 1.03. The lowest BCUT2D eigenvalue weighted by atomic mass is 10.2. The van der Waals surface area contributed by atoms with Crippen LogP contribution in [0.1, 0.15) is 22.5 Å². The van der Waals surface area contributed by atoms with Crippen molar-refractivity contribution >= 4 is 27.2 Å². The fraction of sp³-hybridized carbons (Fsp3) is 0.571. The molecule has 0 aliphatic rings. The molecule has 0 aliphatic carbocycles. The van der Waals surface area contributed by atoms with Gasteiger partial charge < -0.3 is 0 Å². The highest BCUT2D eigenvalue weighted by Gasteiger charge is 2.10. The first-order valence-electron chi connectivity index (χ1n) is 3.97. The first-order valence-corrected chi connectivity index (χ1v) is 6.81. The highest BCUT2D eigenvalue weighted by atomic mass is 32.2. The lowest BCUT2D eigenvalue weighted by Crippen LogP contribution is -2.05. The van der Waals surface area contributed by atoms with Crippen molar-refractivity contribution in [3.63, 3.8) is 0 Å². The quantitative estimate of drug-likeness (QED) is 0.695. The molecule has 1 aromatic rings. The van der Waals surface area contributed by atoms with Crippen molar-refractivity contribution < 1.29 is 13.2 Å². The molecule has 0 aliphatic heterocycles. The molecule has 0 amide bonds. The number of nitrogens with zero attached hydrogens (tertiary/aromatic N) is 2. The number of aromatic nitrogens is 2. The zero-order valence-corrected chi connectivity index (χ0v) is 9.27. The molecule has 5 nitrogen and oxygen atoms in total. The lowest BCUT2D eigenvalue weighted by Gasteiger charge is -1.96. The van der Waals surface area contributed by atoms with Crippen LogP contribution in [0.3, 0.4) is 0 Å². The van der Waals surface area contributed by atoms with Crippen molar-refractivity contribution in [3.05, 3.63) is 11.1 Å². The summed E-state index contributed by atoms with van der Waals surface area (Å²) in [6, 6.07) is 0. The molecular weight excluding hydrogens is 224 g/mol. The smallest absolute Gasteiger partial charge is 0.176 e. The van der Waals surface area contributed by atoms with E-state index in [1.807, 2.05) is 0 Å². The van der Waals surface area contributed by atoms with Crippen LogP contribution in [0.2, 0.25) is 0 Å². The van der Waals surface area contributed by atoms with Crippen molar-refractivity contribution in [1.29, 1.82) is 0 Å². The summed E-state index contributed by atoms with van der Waals surface area (Å²) in [4.78, 5) is 11.8. The Morgan fingerprint density at radius 1 is 1.57 bits per heavy atom. The van der Waals surface area contributed by atoms with Crippen molar-refractivity contribution in [2.75, 3.05) is 12.0 Å². The second-order valence-corrected chi connectivity index (χ2v) is 5.98. The second-order valence-electron chi connectivity index (χ2n) is 2.94. The van der Waals surface area contributed by atoms with Crippen LogP contribution >= 0.6 is 11.5 Å². The summed E-state index contributed by atoms with van der Waals surface area (Å²) in [5, 5.41) is 3.53. The predicted octanol–water partition coefficient (Wildman–Crippen LogP) is 0.546. The topological polar surface area (TPSA) is 77.0 Å². The maximum Gasteiger partial charge on any atom is 0.176 e. The van der Waals surface area contributed by atoms with E-state index in [-0.39, 0.29) is 18.0 Å². The van der Waals surface area contributed by atoms with Crippen LogP contribution in [-0.2, 0) is 9.84 Å². The zero-order chi connectivity index (χ0) is 10.6. The third-order valence-corrected chi connectivity index (χ3v) is 3.29. The summed E-state index contributed by atoms with van der Waals surface area (Å²) in [6.07, 6.45) is 3.14. The molecule has 0 spiro atoms. The maximum absolute atomic E-state index is 11.3. The molecule has 1 aromatic heterocycles. The number of rotatable bonds is 5. The van der Waals surface area contributed by atoms with Gasteiger partial charge in [-0.15, -0.1) is 5.10 Å². The van der Waals surface area contributed by atoms with E-state index < -0.39 is 9.84 Å². The number of carbonyl (C=O) groups excluding carboxylic acids is 1. The van der Waals surface area contributed by atoms with Crippen LogP contribution in [0.5, 0.6) is 0 Å². The molecule has 7 heteroatoms. The first-order chi connectivity index (χ1) is 6.49. The molecule has 0 radical (unpaired) electrons. The van der Waals surface area contributed by atoms with E-state index in [1.54, 1.807) is 0 Å². The second kappa shape index (κ2) is 4.61. The minimum absolute atomic E-state index is 0.0466. The molecule has 0 saturated heterocycles. The summed E-state index contributed by atoms with van der Waals surface area (Å²) < 4.78 is 25.1. The van der Waals surface area contributed by atoms with Gasteiger partial charge in [-0.05, 0) is 18.0 Å². The van der Waals surface area contributed by atoms with E-state index in [4.69, 9.17) is 0 Å². The average molecular weight is 234 g/mol. The number of carbonyl (C=O) groups is 1. The van der Waals surface area contributed by atoms with Crippen molar-refractivity contribution in [2.24, 2.45) is 0 Å². The Morgan fingerprint density at radius 2 is 2.29 bits per heavy atom. The number of Topliss-reactive ketones (excluding diaryl/α,β-unsaturated/α-hetero) is 1. The van der Waals surface area contributed by atoms with Crippen molar-refractivity contribution in [3.8, 4) is 0 Å². The molecule has 0 atom stereocenters. The Morgan fingerprint density at radius 3 is 2.79 bits per heavy atom. The van der Waals surface area contributed by atoms with E-state index in [0.29, 0.717) is 11.3 Å². The van der Waals surface area contributed by atoms with E-state index in [0.717, 1.165) is 17.8 Å². The summed E-state index contributed by atoms with van der Waals surface area (Å²) in [6.45, 7) is 0. The van der Waals surface area contributed by atoms with E-state index in [9.17, 15) is 13.2 Å². The van der Waals surface area contributed by atoms with Crippen LogP contribution in [0.4, 0.5) is 0 Å². The standard InChI is InChI=1S/C7H10N2O3S2/c1-14(11,12)4-2-3-6(10)7-5-8-9-13-7/h5H,2-4H2,1H3. The lowest BCUT2D eigenvalue weighted by molar-refractivity contribution is 0.0986. The third kappa shape index (κ3) is 3.93. The summed E-state index contributed by atoms with van der Waals surface area (Å²) in [7, 11) is -2.97. The Balaban J connectivity index is 2.37. The molecule has 14 heavy (non-hydrogen) atoms. The first kappa shape index (κ1) is 11.3. The van der Waals surface area contributed by atoms with Gasteiger partial charge in [-0.1, -0.05) is 4.49 Å². The van der Waals surface area contributed by atoms with Gasteiger partial charge in [-0.3, -0.25) is 4.79 Å². The Hall–Kier alpha value is -0.820. The van der Waals surface area contributed by atoms with Crippen LogP contribution in [0, 0.1) is 0 Å². The Kier molecular flexibility index (Phi) is 3.70. The zero-order valence-electron chi connectivity index (χ0n) is 7.63. The molecule has 1 heterocycles. The number of hydrogen-bond donors (Lipinski definition) is 0. The van der Waals surface area contributed by atoms with Crippen molar-refractivity contribution in [2.45, 2.75) is 12.8 Å². The van der Waals surface area contributed by atoms with Crippen molar-refractivity contribution in [1.82, 2.24) is 9.59 Å². The molecule has 0 N–H and O–H groups in total. The number of sulfone groups is 1. The van der Waals surface area contributed by atoms with Crippen LogP contribution in [-0.4, -0.2) is 35.8 Å². The molecule has 0 unspecified atom stereocenters. The summed E-state index contributed by atoms with van der Waals surface area (Å²) in [5.74, 6) is -0.0472.